The number of rotatable bonds is 5. The highest BCUT2D eigenvalue weighted by molar-refractivity contribution is 9.11. The monoisotopic (exact) mass is 529 g/mol. The zero-order valence-electron chi connectivity index (χ0n) is 18.1. The Kier molecular flexibility index (Phi) is 7.50. The van der Waals surface area contributed by atoms with Crippen LogP contribution in [0.4, 0.5) is 4.79 Å². The van der Waals surface area contributed by atoms with Crippen molar-refractivity contribution in [1.29, 1.82) is 0 Å². The van der Waals surface area contributed by atoms with Gasteiger partial charge in [-0.05, 0) is 86.0 Å². The van der Waals surface area contributed by atoms with Crippen molar-refractivity contribution in [3.8, 4) is 0 Å². The summed E-state index contributed by atoms with van der Waals surface area (Å²) in [6.07, 6.45) is 2.01. The molecule has 0 spiro atoms. The fourth-order valence-corrected chi connectivity index (χ4v) is 5.95. The first-order valence-corrected chi connectivity index (χ1v) is 12.7. The van der Waals surface area contributed by atoms with Crippen molar-refractivity contribution in [3.63, 3.8) is 0 Å². The largest absolute Gasteiger partial charge is 0.460 e. The number of hydrogen-bond donors (Lipinski definition) is 1. The van der Waals surface area contributed by atoms with Gasteiger partial charge in [-0.25, -0.2) is 9.59 Å². The van der Waals surface area contributed by atoms with Crippen LogP contribution in [-0.4, -0.2) is 46.9 Å². The molecule has 3 rings (SSSR count). The number of halogens is 1. The zero-order chi connectivity index (χ0) is 22.8. The van der Waals surface area contributed by atoms with Gasteiger partial charge in [0.05, 0.1) is 13.5 Å². The third-order valence-corrected chi connectivity index (χ3v) is 7.96. The topological polar surface area (TPSA) is 76.1 Å². The molecule has 31 heavy (non-hydrogen) atoms. The van der Waals surface area contributed by atoms with Crippen LogP contribution >= 0.6 is 38.6 Å². The maximum atomic E-state index is 13.2. The number of ether oxygens (including phenoxy) is 2. The van der Waals surface area contributed by atoms with E-state index in [2.05, 4.69) is 15.9 Å². The Morgan fingerprint density at radius 2 is 1.81 bits per heavy atom. The molecule has 9 heteroatoms. The molecule has 1 aliphatic carbocycles. The maximum absolute atomic E-state index is 13.2. The molecule has 0 aliphatic heterocycles. The van der Waals surface area contributed by atoms with E-state index in [1.807, 2.05) is 32.2 Å². The van der Waals surface area contributed by atoms with Crippen LogP contribution in [0, 0.1) is 0 Å². The summed E-state index contributed by atoms with van der Waals surface area (Å²) < 4.78 is 12.1. The highest BCUT2D eigenvalue weighted by Crippen LogP contribution is 2.40. The lowest BCUT2D eigenvalue weighted by Crippen LogP contribution is -2.44. The molecule has 1 aliphatic rings. The van der Waals surface area contributed by atoms with Gasteiger partial charge < -0.3 is 19.5 Å². The van der Waals surface area contributed by atoms with Gasteiger partial charge in [0.25, 0.3) is 0 Å². The van der Waals surface area contributed by atoms with Crippen molar-refractivity contribution in [1.82, 2.24) is 4.90 Å². The Morgan fingerprint density at radius 3 is 2.32 bits per heavy atom. The van der Waals surface area contributed by atoms with Crippen molar-refractivity contribution in [2.75, 3.05) is 7.05 Å². The number of aliphatic hydroxyl groups is 1. The predicted molar refractivity (Wildman–Crippen MR) is 125 cm³/mol. The second kappa shape index (κ2) is 9.60. The average molecular weight is 531 g/mol. The summed E-state index contributed by atoms with van der Waals surface area (Å²) in [6.45, 7) is 5.53. The van der Waals surface area contributed by atoms with E-state index in [0.717, 1.165) is 3.79 Å². The van der Waals surface area contributed by atoms with E-state index >= 15 is 0 Å². The van der Waals surface area contributed by atoms with Crippen LogP contribution < -0.4 is 0 Å². The van der Waals surface area contributed by atoms with Gasteiger partial charge in [0, 0.05) is 13.1 Å². The fraction of sp³-hybridized carbons (Fsp3) is 0.545. The third-order valence-electron chi connectivity index (χ3n) is 5.25. The van der Waals surface area contributed by atoms with Crippen molar-refractivity contribution in [2.45, 2.75) is 69.8 Å². The first-order valence-electron chi connectivity index (χ1n) is 10.2. The number of amides is 1. The molecule has 2 aromatic heterocycles. The number of hydrogen-bond acceptors (Lipinski definition) is 7. The minimum atomic E-state index is -1.82. The van der Waals surface area contributed by atoms with E-state index < -0.39 is 17.2 Å². The number of carbonyl (C=O) groups is 2. The van der Waals surface area contributed by atoms with Gasteiger partial charge in [-0.3, -0.25) is 0 Å². The molecule has 1 unspecified atom stereocenters. The minimum absolute atomic E-state index is 0.0363. The van der Waals surface area contributed by atoms with Crippen LogP contribution in [-0.2, 0) is 19.9 Å². The van der Waals surface area contributed by atoms with Gasteiger partial charge in [0.15, 0.2) is 0 Å². The van der Waals surface area contributed by atoms with E-state index in [1.165, 1.54) is 22.7 Å². The molecule has 2 aromatic rings. The second-order valence-corrected chi connectivity index (χ2v) is 12.1. The average Bonchev–Trinajstić information content (AvgIpc) is 3.38. The van der Waals surface area contributed by atoms with Gasteiger partial charge in [-0.1, -0.05) is 6.07 Å². The molecule has 6 nitrogen and oxygen atoms in total. The van der Waals surface area contributed by atoms with Gasteiger partial charge in [0.2, 0.25) is 5.60 Å². The second-order valence-electron chi connectivity index (χ2n) is 8.72. The molecule has 0 aromatic carbocycles. The number of carbonyl (C=O) groups excluding carboxylic acids is 2. The van der Waals surface area contributed by atoms with E-state index in [9.17, 15) is 14.7 Å². The zero-order valence-corrected chi connectivity index (χ0v) is 21.3. The summed E-state index contributed by atoms with van der Waals surface area (Å²) >= 11 is 6.03. The van der Waals surface area contributed by atoms with E-state index in [1.54, 1.807) is 30.1 Å². The van der Waals surface area contributed by atoms with Crippen LogP contribution in [0.1, 0.15) is 56.2 Å². The first kappa shape index (κ1) is 24.2. The maximum Gasteiger partial charge on any atom is 0.410 e. The molecule has 1 amide bonds. The summed E-state index contributed by atoms with van der Waals surface area (Å²) in [5.41, 5.74) is -2.36. The Morgan fingerprint density at radius 1 is 1.13 bits per heavy atom. The highest BCUT2D eigenvalue weighted by atomic mass is 79.9. The van der Waals surface area contributed by atoms with Gasteiger partial charge in [-0.2, -0.15) is 0 Å². The molecule has 2 heterocycles. The van der Waals surface area contributed by atoms with Crippen LogP contribution in [0.2, 0.25) is 0 Å². The van der Waals surface area contributed by atoms with Crippen LogP contribution in [0.15, 0.2) is 33.4 Å². The van der Waals surface area contributed by atoms with Gasteiger partial charge >= 0.3 is 12.1 Å². The summed E-state index contributed by atoms with van der Waals surface area (Å²) in [6, 6.07) is 7.13. The molecule has 0 saturated heterocycles. The van der Waals surface area contributed by atoms with Crippen molar-refractivity contribution < 1.29 is 24.2 Å². The van der Waals surface area contributed by atoms with E-state index in [-0.39, 0.29) is 18.2 Å². The van der Waals surface area contributed by atoms with Crippen molar-refractivity contribution in [2.24, 2.45) is 0 Å². The lowest BCUT2D eigenvalue weighted by atomic mass is 9.91. The number of nitrogens with zero attached hydrogens (tertiary/aromatic N) is 1. The van der Waals surface area contributed by atoms with Gasteiger partial charge in [0.1, 0.15) is 11.7 Å². The van der Waals surface area contributed by atoms with Crippen molar-refractivity contribution in [3.05, 3.63) is 43.2 Å². The Labute approximate surface area is 199 Å². The van der Waals surface area contributed by atoms with E-state index in [0.29, 0.717) is 35.4 Å². The van der Waals surface area contributed by atoms with Crippen LogP contribution in [0.3, 0.4) is 0 Å². The number of esters is 1. The molecule has 1 N–H and O–H groups in total. The SMILES string of the molecule is CN(C(=O)OC(C)(C)C)[C@H]1CC[C@H](OC(=O)C(O)(c2cccs2)c2ccc(Br)s2)CC1. The normalized spacial score (nSPS) is 21.2. The molecule has 0 radical (unpaired) electrons. The smallest absolute Gasteiger partial charge is 0.410 e. The quantitative estimate of drug-likeness (QED) is 0.515. The highest BCUT2D eigenvalue weighted by Gasteiger charge is 2.45. The lowest BCUT2D eigenvalue weighted by molar-refractivity contribution is -0.169. The Hall–Kier alpha value is -1.42. The fourth-order valence-electron chi connectivity index (χ4n) is 3.59. The molecule has 0 bridgehead atoms. The Bertz CT molecular complexity index is 899. The predicted octanol–water partition coefficient (Wildman–Crippen LogP) is 5.53. The molecule has 170 valence electrons. The number of thiophene rings is 2. The first-order chi connectivity index (χ1) is 14.5. The summed E-state index contributed by atoms with van der Waals surface area (Å²) in [5.74, 6) is -0.659. The third kappa shape index (κ3) is 5.69. The summed E-state index contributed by atoms with van der Waals surface area (Å²) in [7, 11) is 1.75. The van der Waals surface area contributed by atoms with Crippen LogP contribution in [0.25, 0.3) is 0 Å². The van der Waals surface area contributed by atoms with Gasteiger partial charge in [-0.15, -0.1) is 22.7 Å². The summed E-state index contributed by atoms with van der Waals surface area (Å²) in [5, 5.41) is 13.3. The Balaban J connectivity index is 1.64. The van der Waals surface area contributed by atoms with Crippen molar-refractivity contribution >= 4 is 50.7 Å². The minimum Gasteiger partial charge on any atom is -0.460 e. The lowest BCUT2D eigenvalue weighted by Gasteiger charge is -2.36. The summed E-state index contributed by atoms with van der Waals surface area (Å²) in [4.78, 5) is 28.2. The molecular weight excluding hydrogens is 502 g/mol. The van der Waals surface area contributed by atoms with E-state index in [4.69, 9.17) is 9.47 Å². The molecular formula is C22H28BrNO5S2. The molecule has 1 atom stereocenters. The standard InChI is InChI=1S/C22H28BrNO5S2/c1-21(2,3)29-20(26)24(4)14-7-9-15(10-8-14)28-19(25)22(27,16-6-5-13-30-16)17-11-12-18(23)31-17/h5-6,11-15,27H,7-10H2,1-4H3/t14-,15-,22?. The molecule has 1 saturated carbocycles. The van der Waals surface area contributed by atoms with Crippen LogP contribution in [0.5, 0.6) is 0 Å². The molecule has 1 fully saturated rings.